The Morgan fingerprint density at radius 3 is 2.57 bits per heavy atom. The van der Waals surface area contributed by atoms with Crippen LogP contribution >= 0.6 is 11.6 Å². The van der Waals surface area contributed by atoms with E-state index in [0.717, 1.165) is 16.5 Å². The molecule has 0 saturated heterocycles. The van der Waals surface area contributed by atoms with Gasteiger partial charge in [-0.05, 0) is 37.6 Å². The smallest absolute Gasteiger partial charge is 0.287 e. The molecule has 0 aliphatic rings. The first-order valence-electron chi connectivity index (χ1n) is 7.21. The summed E-state index contributed by atoms with van der Waals surface area (Å²) < 4.78 is 18.6. The second-order valence-corrected chi connectivity index (χ2v) is 5.83. The van der Waals surface area contributed by atoms with Gasteiger partial charge in [0.25, 0.3) is 5.91 Å². The summed E-state index contributed by atoms with van der Waals surface area (Å²) in [5.74, 6) is -0.399. The lowest BCUT2D eigenvalue weighted by Crippen LogP contribution is -2.26. The van der Waals surface area contributed by atoms with E-state index in [2.05, 4.69) is 5.32 Å². The Morgan fingerprint density at radius 2 is 1.91 bits per heavy atom. The minimum Gasteiger partial charge on any atom is -0.449 e. The van der Waals surface area contributed by atoms with Crippen molar-refractivity contribution in [3.63, 3.8) is 0 Å². The van der Waals surface area contributed by atoms with Gasteiger partial charge in [0.15, 0.2) is 11.3 Å². The van der Waals surface area contributed by atoms with Crippen molar-refractivity contribution in [2.24, 2.45) is 0 Å². The summed E-state index contributed by atoms with van der Waals surface area (Å²) in [7, 11) is 0. The average Bonchev–Trinajstić information content (AvgIpc) is 2.87. The molecule has 1 aromatic heterocycles. The van der Waals surface area contributed by atoms with Crippen LogP contribution in [0.3, 0.4) is 0 Å². The fraction of sp³-hybridized carbons (Fsp3) is 0.167. The number of rotatable bonds is 3. The molecule has 1 N–H and O–H groups in total. The number of carbonyl (C=O) groups is 1. The number of para-hydroxylation sites is 1. The highest BCUT2D eigenvalue weighted by atomic mass is 35.5. The molecule has 3 nitrogen and oxygen atoms in total. The quantitative estimate of drug-likeness (QED) is 0.731. The minimum atomic E-state index is -0.327. The highest BCUT2D eigenvalue weighted by Gasteiger charge is 2.20. The van der Waals surface area contributed by atoms with E-state index in [-0.39, 0.29) is 23.5 Å². The predicted octanol–water partition coefficient (Wildman–Crippen LogP) is 5.02. The number of halogens is 2. The first-order valence-corrected chi connectivity index (χ1v) is 7.59. The average molecular weight is 332 g/mol. The SMILES string of the molecule is Cc1c(C(=O)NC(C)c2ccc(F)cc2)oc2c(Cl)cccc12. The minimum absolute atomic E-state index is 0.238. The monoisotopic (exact) mass is 331 g/mol. The number of carbonyl (C=O) groups excluding carboxylic acids is 1. The maximum atomic E-state index is 13.0. The number of amides is 1. The molecule has 1 atom stereocenters. The highest BCUT2D eigenvalue weighted by Crippen LogP contribution is 2.30. The molecule has 1 unspecified atom stereocenters. The summed E-state index contributed by atoms with van der Waals surface area (Å²) in [6, 6.07) is 11.1. The Hall–Kier alpha value is -2.33. The van der Waals surface area contributed by atoms with Crippen LogP contribution in [-0.2, 0) is 0 Å². The third-order valence-electron chi connectivity index (χ3n) is 3.84. The Bertz CT molecular complexity index is 871. The fourth-order valence-electron chi connectivity index (χ4n) is 2.52. The van der Waals surface area contributed by atoms with Crippen molar-refractivity contribution >= 4 is 28.5 Å². The van der Waals surface area contributed by atoms with E-state index in [0.29, 0.717) is 10.6 Å². The van der Waals surface area contributed by atoms with E-state index in [1.165, 1.54) is 12.1 Å². The molecule has 1 heterocycles. The van der Waals surface area contributed by atoms with E-state index in [4.69, 9.17) is 16.0 Å². The maximum absolute atomic E-state index is 13.0. The highest BCUT2D eigenvalue weighted by molar-refractivity contribution is 6.35. The van der Waals surface area contributed by atoms with Gasteiger partial charge in [-0.2, -0.15) is 0 Å². The summed E-state index contributed by atoms with van der Waals surface area (Å²) in [6.45, 7) is 3.65. The zero-order valence-electron chi connectivity index (χ0n) is 12.7. The number of furan rings is 1. The maximum Gasteiger partial charge on any atom is 0.287 e. The number of nitrogens with one attached hydrogen (secondary N) is 1. The zero-order valence-corrected chi connectivity index (χ0v) is 13.4. The molecule has 0 radical (unpaired) electrons. The van der Waals surface area contributed by atoms with E-state index in [1.54, 1.807) is 18.2 Å². The van der Waals surface area contributed by atoms with Gasteiger partial charge in [-0.3, -0.25) is 4.79 Å². The van der Waals surface area contributed by atoms with Gasteiger partial charge in [0, 0.05) is 10.9 Å². The number of hydrogen-bond acceptors (Lipinski definition) is 2. The standard InChI is InChI=1S/C18H15ClFNO2/c1-10-14-4-3-5-15(19)17(14)23-16(10)18(22)21-11(2)12-6-8-13(20)9-7-12/h3-9,11H,1-2H3,(H,21,22). The molecule has 0 aliphatic carbocycles. The van der Waals surface area contributed by atoms with E-state index < -0.39 is 0 Å². The van der Waals surface area contributed by atoms with Crippen LogP contribution in [0.2, 0.25) is 5.02 Å². The van der Waals surface area contributed by atoms with Crippen LogP contribution in [0, 0.1) is 12.7 Å². The summed E-state index contributed by atoms with van der Waals surface area (Å²) in [5, 5.41) is 4.14. The molecule has 0 fully saturated rings. The molecular weight excluding hydrogens is 317 g/mol. The normalized spacial score (nSPS) is 12.3. The van der Waals surface area contributed by atoms with Crippen molar-refractivity contribution in [2.75, 3.05) is 0 Å². The largest absolute Gasteiger partial charge is 0.449 e. The first-order chi connectivity index (χ1) is 11.0. The third kappa shape index (κ3) is 2.94. The summed E-state index contributed by atoms with van der Waals surface area (Å²) in [4.78, 5) is 12.5. The Labute approximate surface area is 138 Å². The molecular formula is C18H15ClFNO2. The number of fused-ring (bicyclic) bond motifs is 1. The Morgan fingerprint density at radius 1 is 1.22 bits per heavy atom. The van der Waals surface area contributed by atoms with Gasteiger partial charge in [-0.15, -0.1) is 0 Å². The molecule has 3 aromatic rings. The summed E-state index contributed by atoms with van der Waals surface area (Å²) >= 11 is 6.10. The third-order valence-corrected chi connectivity index (χ3v) is 4.14. The van der Waals surface area contributed by atoms with Crippen LogP contribution in [0.4, 0.5) is 4.39 Å². The lowest BCUT2D eigenvalue weighted by Gasteiger charge is -2.13. The molecule has 1 amide bonds. The van der Waals surface area contributed by atoms with Crippen LogP contribution in [0.25, 0.3) is 11.0 Å². The number of hydrogen-bond donors (Lipinski definition) is 1. The van der Waals surface area contributed by atoms with Crippen LogP contribution in [0.1, 0.15) is 34.6 Å². The van der Waals surface area contributed by atoms with Crippen molar-refractivity contribution in [3.05, 3.63) is 70.2 Å². The van der Waals surface area contributed by atoms with E-state index in [9.17, 15) is 9.18 Å². The van der Waals surface area contributed by atoms with Crippen LogP contribution in [0.5, 0.6) is 0 Å². The van der Waals surface area contributed by atoms with E-state index in [1.807, 2.05) is 26.0 Å². The Balaban J connectivity index is 1.87. The molecule has 5 heteroatoms. The lowest BCUT2D eigenvalue weighted by molar-refractivity contribution is 0.0913. The first kappa shape index (κ1) is 15.6. The molecule has 0 saturated carbocycles. The molecule has 0 bridgehead atoms. The Kier molecular flexibility index (Phi) is 4.09. The molecule has 2 aromatic carbocycles. The van der Waals surface area contributed by atoms with Gasteiger partial charge in [0.1, 0.15) is 5.82 Å². The lowest BCUT2D eigenvalue weighted by atomic mass is 10.1. The van der Waals surface area contributed by atoms with Gasteiger partial charge in [-0.25, -0.2) is 4.39 Å². The topological polar surface area (TPSA) is 42.2 Å². The molecule has 118 valence electrons. The van der Waals surface area contributed by atoms with Crippen molar-refractivity contribution in [1.82, 2.24) is 5.32 Å². The molecule has 0 aliphatic heterocycles. The van der Waals surface area contributed by atoms with Crippen LogP contribution in [0.15, 0.2) is 46.9 Å². The second kappa shape index (κ2) is 6.05. The second-order valence-electron chi connectivity index (χ2n) is 5.42. The van der Waals surface area contributed by atoms with E-state index >= 15 is 0 Å². The van der Waals surface area contributed by atoms with Crippen molar-refractivity contribution in [3.8, 4) is 0 Å². The summed E-state index contributed by atoms with van der Waals surface area (Å²) in [6.07, 6.45) is 0. The number of aryl methyl sites for hydroxylation is 1. The van der Waals surface area contributed by atoms with Gasteiger partial charge < -0.3 is 9.73 Å². The van der Waals surface area contributed by atoms with Gasteiger partial charge in [-0.1, -0.05) is 35.9 Å². The molecule has 23 heavy (non-hydrogen) atoms. The van der Waals surface area contributed by atoms with Gasteiger partial charge in [0.05, 0.1) is 11.1 Å². The summed E-state index contributed by atoms with van der Waals surface area (Å²) in [5.41, 5.74) is 2.06. The van der Waals surface area contributed by atoms with Crippen molar-refractivity contribution < 1.29 is 13.6 Å². The van der Waals surface area contributed by atoms with Crippen molar-refractivity contribution in [1.29, 1.82) is 0 Å². The number of benzene rings is 2. The van der Waals surface area contributed by atoms with Crippen molar-refractivity contribution in [2.45, 2.75) is 19.9 Å². The van der Waals surface area contributed by atoms with Gasteiger partial charge in [0.2, 0.25) is 0 Å². The molecule has 0 spiro atoms. The van der Waals surface area contributed by atoms with Crippen LogP contribution < -0.4 is 5.32 Å². The zero-order chi connectivity index (χ0) is 16.6. The van der Waals surface area contributed by atoms with Gasteiger partial charge >= 0.3 is 0 Å². The fourth-order valence-corrected chi connectivity index (χ4v) is 2.74. The van der Waals surface area contributed by atoms with Crippen LogP contribution in [-0.4, -0.2) is 5.91 Å². The predicted molar refractivity (Wildman–Crippen MR) is 88.2 cm³/mol. The molecule has 3 rings (SSSR count).